The van der Waals surface area contributed by atoms with E-state index in [-0.39, 0.29) is 16.6 Å². The maximum absolute atomic E-state index is 9.15. The number of hydrogen-bond acceptors (Lipinski definition) is 3. The molecule has 0 saturated carbocycles. The van der Waals surface area contributed by atoms with Gasteiger partial charge in [0.15, 0.2) is 0 Å². The maximum Gasteiger partial charge on any atom is 0.139 e. The molecule has 0 atom stereocenters. The molecule has 62 valence electrons. The van der Waals surface area contributed by atoms with Crippen LogP contribution >= 0.6 is 11.6 Å². The van der Waals surface area contributed by atoms with Gasteiger partial charge in [-0.2, -0.15) is 0 Å². The molecular formula is C6H5ClN4O. The van der Waals surface area contributed by atoms with E-state index < -0.39 is 0 Å². The third-order valence-corrected chi connectivity index (χ3v) is 1.55. The zero-order valence-electron chi connectivity index (χ0n) is 6.19. The van der Waals surface area contributed by atoms with Crippen molar-refractivity contribution in [1.29, 1.82) is 0 Å². The highest BCUT2D eigenvalue weighted by Crippen LogP contribution is 2.28. The fourth-order valence-corrected chi connectivity index (χ4v) is 0.893. The highest BCUT2D eigenvalue weighted by Gasteiger charge is 2.04. The molecule has 0 aliphatic carbocycles. The Bertz CT molecular complexity index is 359. The number of nitrogens with zero attached hydrogens (tertiary/aromatic N) is 4. The highest BCUT2D eigenvalue weighted by atomic mass is 35.5. The van der Waals surface area contributed by atoms with Gasteiger partial charge in [0.05, 0.1) is 11.4 Å². The molecule has 6 heteroatoms. The topological polar surface area (TPSA) is 81.9 Å². The molecule has 5 nitrogen and oxygen atoms in total. The number of halogens is 1. The maximum atomic E-state index is 9.15. The molecule has 0 amide bonds. The summed E-state index contributed by atoms with van der Waals surface area (Å²) < 4.78 is 0. The summed E-state index contributed by atoms with van der Waals surface area (Å²) in [7, 11) is 0. The molecule has 0 aromatic carbocycles. The molecule has 1 aromatic heterocycles. The molecule has 1 aromatic rings. The van der Waals surface area contributed by atoms with Crippen LogP contribution in [0.4, 0.5) is 5.69 Å². The van der Waals surface area contributed by atoms with Crippen molar-refractivity contribution < 1.29 is 5.11 Å². The van der Waals surface area contributed by atoms with Crippen LogP contribution in [0.3, 0.4) is 0 Å². The van der Waals surface area contributed by atoms with E-state index in [9.17, 15) is 0 Å². The smallest absolute Gasteiger partial charge is 0.139 e. The largest absolute Gasteiger partial charge is 0.506 e. The first-order valence-corrected chi connectivity index (χ1v) is 3.44. The Kier molecular flexibility index (Phi) is 2.38. The van der Waals surface area contributed by atoms with Gasteiger partial charge in [0.1, 0.15) is 10.9 Å². The monoisotopic (exact) mass is 184 g/mol. The lowest BCUT2D eigenvalue weighted by Gasteiger charge is -2.00. The summed E-state index contributed by atoms with van der Waals surface area (Å²) in [6, 6.07) is 1.27. The van der Waals surface area contributed by atoms with E-state index in [1.807, 2.05) is 0 Å². The second kappa shape index (κ2) is 3.30. The van der Waals surface area contributed by atoms with Gasteiger partial charge in [-0.1, -0.05) is 16.7 Å². The normalized spacial score (nSPS) is 9.17. The summed E-state index contributed by atoms with van der Waals surface area (Å²) in [5, 5.41) is 12.5. The number of hydrogen-bond donors (Lipinski definition) is 1. The van der Waals surface area contributed by atoms with Crippen LogP contribution in [-0.4, -0.2) is 10.1 Å². The van der Waals surface area contributed by atoms with Gasteiger partial charge >= 0.3 is 0 Å². The number of rotatable bonds is 1. The van der Waals surface area contributed by atoms with Crippen LogP contribution in [0, 0.1) is 6.92 Å². The van der Waals surface area contributed by atoms with Crippen molar-refractivity contribution in [3.8, 4) is 5.75 Å². The average molecular weight is 185 g/mol. The molecule has 0 saturated heterocycles. The summed E-state index contributed by atoms with van der Waals surface area (Å²) in [5.74, 6) is -0.0400. The molecule has 0 radical (unpaired) electrons. The van der Waals surface area contributed by atoms with Crippen molar-refractivity contribution in [2.45, 2.75) is 6.92 Å². The number of azide groups is 1. The first-order valence-electron chi connectivity index (χ1n) is 3.06. The number of aromatic nitrogens is 1. The van der Waals surface area contributed by atoms with Crippen molar-refractivity contribution in [3.63, 3.8) is 0 Å². The molecule has 1 N–H and O–H groups in total. The van der Waals surface area contributed by atoms with Crippen LogP contribution in [-0.2, 0) is 0 Å². The van der Waals surface area contributed by atoms with Crippen molar-refractivity contribution >= 4 is 17.3 Å². The lowest BCUT2D eigenvalue weighted by Crippen LogP contribution is -1.82. The van der Waals surface area contributed by atoms with Gasteiger partial charge < -0.3 is 5.11 Å². The van der Waals surface area contributed by atoms with Crippen LogP contribution in [0.2, 0.25) is 5.15 Å². The molecule has 0 bridgehead atoms. The molecule has 0 unspecified atom stereocenters. The second-order valence-corrected chi connectivity index (χ2v) is 2.45. The lowest BCUT2D eigenvalue weighted by molar-refractivity contribution is 0.468. The molecule has 0 fully saturated rings. The van der Waals surface area contributed by atoms with Crippen LogP contribution in [0.25, 0.3) is 10.4 Å². The van der Waals surface area contributed by atoms with Gasteiger partial charge in [-0.25, -0.2) is 4.98 Å². The van der Waals surface area contributed by atoms with Crippen LogP contribution < -0.4 is 0 Å². The minimum absolute atomic E-state index is 0.0400. The fourth-order valence-electron chi connectivity index (χ4n) is 0.674. The third-order valence-electron chi connectivity index (χ3n) is 1.27. The zero-order valence-corrected chi connectivity index (χ0v) is 6.95. The van der Waals surface area contributed by atoms with Crippen molar-refractivity contribution in [2.75, 3.05) is 0 Å². The van der Waals surface area contributed by atoms with E-state index in [1.54, 1.807) is 6.92 Å². The van der Waals surface area contributed by atoms with E-state index in [0.717, 1.165) is 0 Å². The summed E-state index contributed by atoms with van der Waals surface area (Å²) in [5.41, 5.74) is 8.62. The predicted molar refractivity (Wildman–Crippen MR) is 44.5 cm³/mol. The molecule has 1 heterocycles. The third kappa shape index (κ3) is 1.58. The van der Waals surface area contributed by atoms with Gasteiger partial charge in [-0.15, -0.1) is 0 Å². The second-order valence-electron chi connectivity index (χ2n) is 2.09. The average Bonchev–Trinajstić information content (AvgIpc) is 2.01. The van der Waals surface area contributed by atoms with E-state index in [0.29, 0.717) is 5.69 Å². The number of aryl methyl sites for hydroxylation is 1. The Labute approximate surface area is 73.2 Å². The van der Waals surface area contributed by atoms with Crippen molar-refractivity contribution in [1.82, 2.24) is 4.98 Å². The lowest BCUT2D eigenvalue weighted by atomic mass is 10.3. The van der Waals surface area contributed by atoms with Crippen LogP contribution in [0.15, 0.2) is 11.2 Å². The summed E-state index contributed by atoms with van der Waals surface area (Å²) >= 11 is 5.59. The van der Waals surface area contributed by atoms with Gasteiger partial charge in [0.2, 0.25) is 0 Å². The summed E-state index contributed by atoms with van der Waals surface area (Å²) in [4.78, 5) is 6.27. The summed E-state index contributed by atoms with van der Waals surface area (Å²) in [6.07, 6.45) is 0. The van der Waals surface area contributed by atoms with E-state index in [1.165, 1.54) is 6.07 Å². The van der Waals surface area contributed by atoms with Crippen molar-refractivity contribution in [3.05, 3.63) is 27.4 Å². The quantitative estimate of drug-likeness (QED) is 0.315. The van der Waals surface area contributed by atoms with Gasteiger partial charge in [-0.05, 0) is 18.5 Å². The minimum atomic E-state index is -0.0400. The Morgan fingerprint density at radius 3 is 3.00 bits per heavy atom. The van der Waals surface area contributed by atoms with Gasteiger partial charge in [-0.3, -0.25) is 0 Å². The van der Waals surface area contributed by atoms with Gasteiger partial charge in [0, 0.05) is 4.91 Å². The van der Waals surface area contributed by atoms with E-state index >= 15 is 0 Å². The molecule has 0 aliphatic rings. The fraction of sp³-hybridized carbons (Fsp3) is 0.167. The van der Waals surface area contributed by atoms with Crippen LogP contribution in [0.1, 0.15) is 5.69 Å². The molecular weight excluding hydrogens is 180 g/mol. The Morgan fingerprint density at radius 1 is 1.75 bits per heavy atom. The highest BCUT2D eigenvalue weighted by molar-refractivity contribution is 6.31. The predicted octanol–water partition coefficient (Wildman–Crippen LogP) is 2.69. The number of aromatic hydroxyl groups is 1. The standard InChI is InChI=1S/C6H5ClN4O/c1-3-5(12)2-4(10-11-8)6(7)9-3/h2,12H,1H3. The Hall–Kier alpha value is -1.45. The minimum Gasteiger partial charge on any atom is -0.506 e. The van der Waals surface area contributed by atoms with E-state index in [2.05, 4.69) is 15.0 Å². The zero-order chi connectivity index (χ0) is 9.14. The molecule has 0 spiro atoms. The summed E-state index contributed by atoms with van der Waals surface area (Å²) in [6.45, 7) is 1.60. The molecule has 0 aliphatic heterocycles. The molecule has 1 rings (SSSR count). The SMILES string of the molecule is Cc1nc(Cl)c(N=[N+]=[N-])cc1O. The van der Waals surface area contributed by atoms with E-state index in [4.69, 9.17) is 22.2 Å². The molecule has 12 heavy (non-hydrogen) atoms. The Morgan fingerprint density at radius 2 is 2.42 bits per heavy atom. The van der Waals surface area contributed by atoms with Crippen molar-refractivity contribution in [2.24, 2.45) is 5.11 Å². The van der Waals surface area contributed by atoms with Gasteiger partial charge in [0.25, 0.3) is 0 Å². The number of pyridine rings is 1. The Balaban J connectivity index is 3.32. The van der Waals surface area contributed by atoms with Crippen LogP contribution in [0.5, 0.6) is 5.75 Å². The first-order chi connectivity index (χ1) is 5.65. The first kappa shape index (κ1) is 8.64.